The molecule has 5 rings (SSSR count). The second-order valence-electron chi connectivity index (χ2n) is 9.94. The molecule has 2 amide bonds. The number of hydrogen-bond acceptors (Lipinski definition) is 6. The standard InChI is InChI=1S/C33H35N3O6/c1-22-29(21-30(23-9-11-25(39-2)12-10-23)36(22)24-7-6-8-26(19-24)40-3)33(38)35-17-15-34(16-18-35)32(37)28-14-13-27(41-4)20-31(28)42-5/h6-14,19-21H,15-18H2,1-5H3. The highest BCUT2D eigenvalue weighted by Gasteiger charge is 2.29. The predicted octanol–water partition coefficient (Wildman–Crippen LogP) is 5.09. The molecular weight excluding hydrogens is 534 g/mol. The zero-order chi connectivity index (χ0) is 29.8. The third-order valence-corrected chi connectivity index (χ3v) is 7.67. The van der Waals surface area contributed by atoms with Crippen LogP contribution in [0.5, 0.6) is 23.0 Å². The fourth-order valence-electron chi connectivity index (χ4n) is 5.31. The summed E-state index contributed by atoms with van der Waals surface area (Å²) in [5, 5.41) is 0. The molecule has 0 radical (unpaired) electrons. The number of hydrogen-bond donors (Lipinski definition) is 0. The topological polar surface area (TPSA) is 82.5 Å². The van der Waals surface area contributed by atoms with Gasteiger partial charge in [-0.1, -0.05) is 6.07 Å². The molecule has 42 heavy (non-hydrogen) atoms. The van der Waals surface area contributed by atoms with Crippen molar-refractivity contribution in [2.24, 2.45) is 0 Å². The van der Waals surface area contributed by atoms with Crippen LogP contribution in [0.3, 0.4) is 0 Å². The van der Waals surface area contributed by atoms with E-state index in [9.17, 15) is 9.59 Å². The van der Waals surface area contributed by atoms with E-state index in [2.05, 4.69) is 4.57 Å². The van der Waals surface area contributed by atoms with E-state index in [1.807, 2.05) is 66.4 Å². The number of benzene rings is 3. The van der Waals surface area contributed by atoms with E-state index in [1.165, 1.54) is 7.11 Å². The molecule has 0 N–H and O–H groups in total. The molecule has 0 saturated carbocycles. The molecule has 1 aliphatic rings. The Morgan fingerprint density at radius 1 is 0.619 bits per heavy atom. The van der Waals surface area contributed by atoms with Crippen molar-refractivity contribution in [1.82, 2.24) is 14.4 Å². The van der Waals surface area contributed by atoms with Gasteiger partial charge in [-0.2, -0.15) is 0 Å². The predicted molar refractivity (Wildman–Crippen MR) is 160 cm³/mol. The average molecular weight is 570 g/mol. The lowest BCUT2D eigenvalue weighted by Crippen LogP contribution is -2.50. The van der Waals surface area contributed by atoms with Crippen molar-refractivity contribution in [2.45, 2.75) is 6.92 Å². The summed E-state index contributed by atoms with van der Waals surface area (Å²) in [4.78, 5) is 30.8. The average Bonchev–Trinajstić information content (AvgIpc) is 3.40. The highest BCUT2D eigenvalue weighted by atomic mass is 16.5. The summed E-state index contributed by atoms with van der Waals surface area (Å²) in [6, 6.07) is 22.6. The quantitative estimate of drug-likeness (QED) is 0.294. The zero-order valence-electron chi connectivity index (χ0n) is 24.5. The van der Waals surface area contributed by atoms with Crippen LogP contribution in [0.15, 0.2) is 72.8 Å². The van der Waals surface area contributed by atoms with Crippen LogP contribution in [0, 0.1) is 6.92 Å². The molecule has 1 aliphatic heterocycles. The molecule has 0 atom stereocenters. The fraction of sp³-hybridized carbons (Fsp3) is 0.273. The first-order valence-corrected chi connectivity index (χ1v) is 13.7. The first kappa shape index (κ1) is 28.6. The molecule has 1 fully saturated rings. The van der Waals surface area contributed by atoms with E-state index in [4.69, 9.17) is 18.9 Å². The van der Waals surface area contributed by atoms with E-state index in [0.717, 1.165) is 34.1 Å². The van der Waals surface area contributed by atoms with Gasteiger partial charge in [-0.3, -0.25) is 9.59 Å². The van der Waals surface area contributed by atoms with Crippen molar-refractivity contribution in [3.63, 3.8) is 0 Å². The molecule has 9 nitrogen and oxygen atoms in total. The number of piperazine rings is 1. The van der Waals surface area contributed by atoms with Crippen molar-refractivity contribution in [2.75, 3.05) is 54.6 Å². The van der Waals surface area contributed by atoms with Gasteiger partial charge in [0.25, 0.3) is 11.8 Å². The molecule has 0 aliphatic carbocycles. The van der Waals surface area contributed by atoms with E-state index in [0.29, 0.717) is 48.8 Å². The largest absolute Gasteiger partial charge is 0.497 e. The minimum atomic E-state index is -0.135. The summed E-state index contributed by atoms with van der Waals surface area (Å²) >= 11 is 0. The summed E-state index contributed by atoms with van der Waals surface area (Å²) in [6.45, 7) is 3.63. The summed E-state index contributed by atoms with van der Waals surface area (Å²) in [7, 11) is 6.37. The number of amides is 2. The summed E-state index contributed by atoms with van der Waals surface area (Å²) in [5.41, 5.74) is 4.62. The molecule has 218 valence electrons. The van der Waals surface area contributed by atoms with Gasteiger partial charge >= 0.3 is 0 Å². The van der Waals surface area contributed by atoms with Crippen molar-refractivity contribution in [3.8, 4) is 39.9 Å². The van der Waals surface area contributed by atoms with E-state index in [-0.39, 0.29) is 11.8 Å². The minimum absolute atomic E-state index is 0.0713. The number of carbonyl (C=O) groups is 2. The molecule has 1 saturated heterocycles. The van der Waals surface area contributed by atoms with E-state index < -0.39 is 0 Å². The van der Waals surface area contributed by atoms with Crippen molar-refractivity contribution in [3.05, 3.63) is 89.6 Å². The molecule has 9 heteroatoms. The Labute approximate surface area is 245 Å². The van der Waals surface area contributed by atoms with Crippen LogP contribution >= 0.6 is 0 Å². The van der Waals surface area contributed by atoms with Gasteiger partial charge in [0.05, 0.1) is 45.3 Å². The van der Waals surface area contributed by atoms with Crippen LogP contribution in [0.2, 0.25) is 0 Å². The lowest BCUT2D eigenvalue weighted by Gasteiger charge is -2.35. The van der Waals surface area contributed by atoms with Gasteiger partial charge in [0.1, 0.15) is 23.0 Å². The third-order valence-electron chi connectivity index (χ3n) is 7.67. The molecule has 0 bridgehead atoms. The summed E-state index contributed by atoms with van der Waals surface area (Å²) in [5.74, 6) is 2.35. The molecular formula is C33H35N3O6. The number of carbonyl (C=O) groups excluding carboxylic acids is 2. The number of rotatable bonds is 8. The Morgan fingerprint density at radius 3 is 1.79 bits per heavy atom. The lowest BCUT2D eigenvalue weighted by atomic mass is 10.1. The molecule has 4 aromatic rings. The smallest absolute Gasteiger partial charge is 0.257 e. The number of ether oxygens (including phenoxy) is 4. The first-order valence-electron chi connectivity index (χ1n) is 13.7. The Hall–Kier alpha value is -4.92. The maximum Gasteiger partial charge on any atom is 0.257 e. The summed E-state index contributed by atoms with van der Waals surface area (Å²) in [6.07, 6.45) is 0. The second kappa shape index (κ2) is 12.3. The van der Waals surface area contributed by atoms with Gasteiger partial charge in [-0.25, -0.2) is 0 Å². The van der Waals surface area contributed by atoms with Crippen LogP contribution in [0.25, 0.3) is 16.9 Å². The number of methoxy groups -OCH3 is 4. The number of nitrogens with zero attached hydrogens (tertiary/aromatic N) is 3. The highest BCUT2D eigenvalue weighted by molar-refractivity contribution is 5.99. The first-order chi connectivity index (χ1) is 20.4. The van der Waals surface area contributed by atoms with Crippen molar-refractivity contribution < 1.29 is 28.5 Å². The van der Waals surface area contributed by atoms with Crippen molar-refractivity contribution in [1.29, 1.82) is 0 Å². The highest BCUT2D eigenvalue weighted by Crippen LogP contribution is 2.33. The second-order valence-corrected chi connectivity index (χ2v) is 9.94. The van der Waals surface area contributed by atoms with Crippen LogP contribution in [0.4, 0.5) is 0 Å². The monoisotopic (exact) mass is 569 g/mol. The molecule has 1 aromatic heterocycles. The Bertz CT molecular complexity index is 1590. The van der Waals surface area contributed by atoms with Gasteiger partial charge in [-0.15, -0.1) is 0 Å². The number of aromatic nitrogens is 1. The molecule has 0 unspecified atom stereocenters. The normalized spacial score (nSPS) is 13.1. The molecule has 2 heterocycles. The Kier molecular flexibility index (Phi) is 8.38. The zero-order valence-corrected chi connectivity index (χ0v) is 24.5. The van der Waals surface area contributed by atoms with Crippen LogP contribution < -0.4 is 18.9 Å². The lowest BCUT2D eigenvalue weighted by molar-refractivity contribution is 0.0533. The van der Waals surface area contributed by atoms with Gasteiger partial charge in [0.15, 0.2) is 0 Å². The SMILES string of the molecule is COc1ccc(-c2cc(C(=O)N3CCN(C(=O)c4ccc(OC)cc4OC)CC3)c(C)n2-c2cccc(OC)c2)cc1. The molecule has 3 aromatic carbocycles. The maximum absolute atomic E-state index is 13.9. The van der Waals surface area contributed by atoms with Gasteiger partial charge in [0, 0.05) is 49.7 Å². The third kappa shape index (κ3) is 5.50. The Morgan fingerprint density at radius 2 is 1.19 bits per heavy atom. The van der Waals surface area contributed by atoms with Gasteiger partial charge in [0.2, 0.25) is 0 Å². The van der Waals surface area contributed by atoms with Gasteiger partial charge < -0.3 is 33.3 Å². The van der Waals surface area contributed by atoms with Crippen LogP contribution in [-0.4, -0.2) is 80.8 Å². The minimum Gasteiger partial charge on any atom is -0.497 e. The fourth-order valence-corrected chi connectivity index (χ4v) is 5.31. The summed E-state index contributed by atoms with van der Waals surface area (Å²) < 4.78 is 23.6. The van der Waals surface area contributed by atoms with Crippen LogP contribution in [0.1, 0.15) is 26.4 Å². The van der Waals surface area contributed by atoms with Crippen LogP contribution in [-0.2, 0) is 0 Å². The van der Waals surface area contributed by atoms with E-state index in [1.54, 1.807) is 44.4 Å². The molecule has 0 spiro atoms. The Balaban J connectivity index is 1.41. The maximum atomic E-state index is 13.9. The van der Waals surface area contributed by atoms with E-state index >= 15 is 0 Å². The van der Waals surface area contributed by atoms with Gasteiger partial charge in [-0.05, 0) is 67.1 Å². The van der Waals surface area contributed by atoms with Crippen molar-refractivity contribution >= 4 is 11.8 Å².